The van der Waals surface area contributed by atoms with Gasteiger partial charge >= 0.3 is 0 Å². The highest BCUT2D eigenvalue weighted by Gasteiger charge is 2.01. The molecule has 3 rings (SSSR count). The summed E-state index contributed by atoms with van der Waals surface area (Å²) in [6.07, 6.45) is 0. The van der Waals surface area contributed by atoms with Crippen molar-refractivity contribution >= 4 is 16.7 Å². The van der Waals surface area contributed by atoms with E-state index in [0.29, 0.717) is 6.54 Å². The van der Waals surface area contributed by atoms with Crippen molar-refractivity contribution in [2.75, 3.05) is 5.32 Å². The molecule has 0 aliphatic rings. The van der Waals surface area contributed by atoms with Gasteiger partial charge in [0, 0.05) is 11.5 Å². The smallest absolute Gasteiger partial charge is 0.156 e. The number of benzene rings is 1. The molecule has 18 heavy (non-hydrogen) atoms. The molecule has 0 aliphatic carbocycles. The molecule has 4 nitrogen and oxygen atoms in total. The molecule has 0 radical (unpaired) electrons. The van der Waals surface area contributed by atoms with Gasteiger partial charge in [-0.2, -0.15) is 0 Å². The molecule has 0 spiro atoms. The van der Waals surface area contributed by atoms with Gasteiger partial charge < -0.3 is 9.84 Å². The number of pyridine rings is 1. The van der Waals surface area contributed by atoms with Crippen LogP contribution in [0.3, 0.4) is 0 Å². The van der Waals surface area contributed by atoms with Crippen LogP contribution in [-0.4, -0.2) is 10.1 Å². The average molecular weight is 239 g/mol. The van der Waals surface area contributed by atoms with Crippen molar-refractivity contribution in [2.45, 2.75) is 13.5 Å². The molecule has 2 aromatic heterocycles. The summed E-state index contributed by atoms with van der Waals surface area (Å²) in [5.41, 5.74) is 1.87. The SMILES string of the molecule is Cc1cc(CNc2ccc3ccccc3n2)on1. The van der Waals surface area contributed by atoms with Gasteiger partial charge in [-0.15, -0.1) is 0 Å². The summed E-state index contributed by atoms with van der Waals surface area (Å²) in [6, 6.07) is 14.0. The van der Waals surface area contributed by atoms with Crippen molar-refractivity contribution in [3.63, 3.8) is 0 Å². The van der Waals surface area contributed by atoms with Gasteiger partial charge in [0.15, 0.2) is 5.76 Å². The molecule has 0 unspecified atom stereocenters. The lowest BCUT2D eigenvalue weighted by Crippen LogP contribution is -2.00. The Labute approximate surface area is 105 Å². The predicted octanol–water partition coefficient (Wildman–Crippen LogP) is 3.14. The Balaban J connectivity index is 1.78. The van der Waals surface area contributed by atoms with Crippen LogP contribution in [0.25, 0.3) is 10.9 Å². The van der Waals surface area contributed by atoms with Crippen LogP contribution in [0.15, 0.2) is 47.0 Å². The number of hydrogen-bond acceptors (Lipinski definition) is 4. The largest absolute Gasteiger partial charge is 0.363 e. The summed E-state index contributed by atoms with van der Waals surface area (Å²) in [5.74, 6) is 1.64. The minimum absolute atomic E-state index is 0.589. The second-order valence-electron chi connectivity index (χ2n) is 4.18. The lowest BCUT2D eigenvalue weighted by Gasteiger charge is -2.04. The fraction of sp³-hybridized carbons (Fsp3) is 0.143. The van der Waals surface area contributed by atoms with Crippen LogP contribution >= 0.6 is 0 Å². The first-order valence-electron chi connectivity index (χ1n) is 5.83. The molecule has 0 amide bonds. The Bertz CT molecular complexity index is 675. The monoisotopic (exact) mass is 239 g/mol. The molecule has 90 valence electrons. The highest BCUT2D eigenvalue weighted by molar-refractivity contribution is 5.79. The number of aryl methyl sites for hydroxylation is 1. The van der Waals surface area contributed by atoms with E-state index in [0.717, 1.165) is 28.2 Å². The summed E-state index contributed by atoms with van der Waals surface area (Å²) in [5, 5.41) is 8.20. The number of hydrogen-bond donors (Lipinski definition) is 1. The zero-order valence-corrected chi connectivity index (χ0v) is 10.1. The van der Waals surface area contributed by atoms with Crippen LogP contribution in [0.2, 0.25) is 0 Å². The van der Waals surface area contributed by atoms with Crippen LogP contribution in [0.1, 0.15) is 11.5 Å². The third-order valence-electron chi connectivity index (χ3n) is 2.72. The maximum Gasteiger partial charge on any atom is 0.156 e. The number of anilines is 1. The second kappa shape index (κ2) is 4.49. The van der Waals surface area contributed by atoms with Crippen LogP contribution in [0.4, 0.5) is 5.82 Å². The number of nitrogens with zero attached hydrogens (tertiary/aromatic N) is 2. The highest BCUT2D eigenvalue weighted by atomic mass is 16.5. The fourth-order valence-corrected chi connectivity index (χ4v) is 1.84. The highest BCUT2D eigenvalue weighted by Crippen LogP contribution is 2.15. The quantitative estimate of drug-likeness (QED) is 0.762. The molecule has 0 fully saturated rings. The predicted molar refractivity (Wildman–Crippen MR) is 70.3 cm³/mol. The van der Waals surface area contributed by atoms with E-state index >= 15 is 0 Å². The zero-order chi connectivity index (χ0) is 12.4. The molecule has 0 atom stereocenters. The Morgan fingerprint density at radius 1 is 1.17 bits per heavy atom. The fourth-order valence-electron chi connectivity index (χ4n) is 1.84. The maximum absolute atomic E-state index is 5.13. The number of aromatic nitrogens is 2. The Morgan fingerprint density at radius 3 is 2.89 bits per heavy atom. The van der Waals surface area contributed by atoms with Crippen molar-refractivity contribution in [2.24, 2.45) is 0 Å². The molecule has 3 aromatic rings. The van der Waals surface area contributed by atoms with Crippen molar-refractivity contribution in [1.82, 2.24) is 10.1 Å². The van der Waals surface area contributed by atoms with Gasteiger partial charge in [-0.25, -0.2) is 4.98 Å². The molecule has 4 heteroatoms. The topological polar surface area (TPSA) is 51.0 Å². The average Bonchev–Trinajstić information content (AvgIpc) is 2.82. The molecule has 0 saturated carbocycles. The molecule has 0 bridgehead atoms. The van der Waals surface area contributed by atoms with Crippen LogP contribution < -0.4 is 5.32 Å². The van der Waals surface area contributed by atoms with Crippen LogP contribution in [0, 0.1) is 6.92 Å². The van der Waals surface area contributed by atoms with Gasteiger partial charge in [0.05, 0.1) is 17.8 Å². The van der Waals surface area contributed by atoms with Crippen molar-refractivity contribution < 1.29 is 4.52 Å². The minimum Gasteiger partial charge on any atom is -0.363 e. The molecule has 0 aliphatic heterocycles. The van der Waals surface area contributed by atoms with Crippen molar-refractivity contribution in [3.8, 4) is 0 Å². The molecule has 0 saturated heterocycles. The van der Waals surface area contributed by atoms with E-state index in [1.54, 1.807) is 0 Å². The number of rotatable bonds is 3. The zero-order valence-electron chi connectivity index (χ0n) is 10.1. The van der Waals surface area contributed by atoms with Gasteiger partial charge in [-0.05, 0) is 25.1 Å². The lowest BCUT2D eigenvalue weighted by molar-refractivity contribution is 0.384. The van der Waals surface area contributed by atoms with Gasteiger partial charge in [-0.1, -0.05) is 23.4 Å². The van der Waals surface area contributed by atoms with Gasteiger partial charge in [0.25, 0.3) is 0 Å². The number of para-hydroxylation sites is 1. The summed E-state index contributed by atoms with van der Waals surface area (Å²) in [4.78, 5) is 4.52. The van der Waals surface area contributed by atoms with Crippen LogP contribution in [-0.2, 0) is 6.54 Å². The first-order chi connectivity index (χ1) is 8.81. The summed E-state index contributed by atoms with van der Waals surface area (Å²) in [7, 11) is 0. The van der Waals surface area contributed by atoms with E-state index in [1.165, 1.54) is 0 Å². The summed E-state index contributed by atoms with van der Waals surface area (Å²) >= 11 is 0. The summed E-state index contributed by atoms with van der Waals surface area (Å²) in [6.45, 7) is 2.49. The molecule has 1 N–H and O–H groups in total. The van der Waals surface area contributed by atoms with Gasteiger partial charge in [-0.3, -0.25) is 0 Å². The molecular formula is C14H13N3O. The van der Waals surface area contributed by atoms with E-state index in [9.17, 15) is 0 Å². The normalized spacial score (nSPS) is 10.7. The Morgan fingerprint density at radius 2 is 2.06 bits per heavy atom. The van der Waals surface area contributed by atoms with E-state index in [1.807, 2.05) is 43.3 Å². The van der Waals surface area contributed by atoms with E-state index in [-0.39, 0.29) is 0 Å². The first kappa shape index (κ1) is 10.8. The first-order valence-corrected chi connectivity index (χ1v) is 5.83. The number of fused-ring (bicyclic) bond motifs is 1. The third kappa shape index (κ3) is 2.18. The summed E-state index contributed by atoms with van der Waals surface area (Å²) < 4.78 is 5.13. The Kier molecular flexibility index (Phi) is 2.68. The van der Waals surface area contributed by atoms with Crippen LogP contribution in [0.5, 0.6) is 0 Å². The van der Waals surface area contributed by atoms with E-state index in [4.69, 9.17) is 4.52 Å². The van der Waals surface area contributed by atoms with Gasteiger partial charge in [0.1, 0.15) is 5.82 Å². The van der Waals surface area contributed by atoms with Crippen molar-refractivity contribution in [1.29, 1.82) is 0 Å². The van der Waals surface area contributed by atoms with E-state index in [2.05, 4.69) is 21.5 Å². The number of nitrogens with one attached hydrogen (secondary N) is 1. The van der Waals surface area contributed by atoms with Crippen molar-refractivity contribution in [3.05, 3.63) is 53.9 Å². The molecule has 2 heterocycles. The Hall–Kier alpha value is -2.36. The second-order valence-corrected chi connectivity index (χ2v) is 4.18. The maximum atomic E-state index is 5.13. The standard InChI is InChI=1S/C14H13N3O/c1-10-8-12(18-17-10)9-15-14-7-6-11-4-2-3-5-13(11)16-14/h2-8H,9H2,1H3,(H,15,16). The van der Waals surface area contributed by atoms with Gasteiger partial charge in [0.2, 0.25) is 0 Å². The minimum atomic E-state index is 0.589. The molecule has 1 aromatic carbocycles. The van der Waals surface area contributed by atoms with E-state index < -0.39 is 0 Å². The lowest BCUT2D eigenvalue weighted by atomic mass is 10.2. The molecular weight excluding hydrogens is 226 g/mol. The third-order valence-corrected chi connectivity index (χ3v) is 2.72.